The van der Waals surface area contributed by atoms with Crippen LogP contribution >= 0.6 is 31.9 Å². The summed E-state index contributed by atoms with van der Waals surface area (Å²) >= 11 is 7.02. The maximum atomic E-state index is 4.48. The number of nitrogens with one attached hydrogen (secondary N) is 1. The number of rotatable bonds is 2. The Bertz CT molecular complexity index is 571. The second-order valence-corrected chi connectivity index (χ2v) is 5.96. The Balaban J connectivity index is 2.31. The van der Waals surface area contributed by atoms with Gasteiger partial charge in [-0.1, -0.05) is 15.9 Å². The first-order valence-electron chi connectivity index (χ1n) is 5.64. The Morgan fingerprint density at radius 3 is 2.17 bits per heavy atom. The standard InChI is InChI=1S/C14H14Br2N2/c1-8-6-11(7-9(2)14(8)16)18-13-5-4-12(15)10(3)17-13/h4-7H,1-3H3,(H,17,18). The van der Waals surface area contributed by atoms with Crippen LogP contribution in [0.15, 0.2) is 33.2 Å². The molecule has 1 aromatic carbocycles. The van der Waals surface area contributed by atoms with Crippen molar-refractivity contribution < 1.29 is 0 Å². The zero-order valence-corrected chi connectivity index (χ0v) is 13.7. The molecular formula is C14H14Br2N2. The van der Waals surface area contributed by atoms with Gasteiger partial charge in [-0.15, -0.1) is 0 Å². The summed E-state index contributed by atoms with van der Waals surface area (Å²) in [7, 11) is 0. The predicted octanol–water partition coefficient (Wildman–Crippen LogP) is 5.28. The molecule has 0 fully saturated rings. The molecule has 1 N–H and O–H groups in total. The molecule has 0 aliphatic rings. The van der Waals surface area contributed by atoms with Crippen molar-refractivity contribution in [2.75, 3.05) is 5.32 Å². The van der Waals surface area contributed by atoms with E-state index in [0.717, 1.165) is 26.1 Å². The van der Waals surface area contributed by atoms with E-state index in [1.165, 1.54) is 11.1 Å². The minimum Gasteiger partial charge on any atom is -0.340 e. The summed E-state index contributed by atoms with van der Waals surface area (Å²) in [5.74, 6) is 0.858. The lowest BCUT2D eigenvalue weighted by atomic mass is 10.1. The molecule has 1 heterocycles. The Labute approximate surface area is 124 Å². The third-order valence-corrected chi connectivity index (χ3v) is 4.82. The van der Waals surface area contributed by atoms with E-state index in [1.54, 1.807) is 0 Å². The van der Waals surface area contributed by atoms with Gasteiger partial charge in [-0.3, -0.25) is 0 Å². The Hall–Kier alpha value is -0.870. The average molecular weight is 370 g/mol. The highest BCUT2D eigenvalue weighted by Gasteiger charge is 2.04. The fraction of sp³-hybridized carbons (Fsp3) is 0.214. The summed E-state index contributed by atoms with van der Waals surface area (Å²) in [5.41, 5.74) is 4.46. The maximum absolute atomic E-state index is 4.48. The highest BCUT2D eigenvalue weighted by molar-refractivity contribution is 9.10. The molecule has 0 amide bonds. The van der Waals surface area contributed by atoms with Crippen molar-refractivity contribution in [3.8, 4) is 0 Å². The van der Waals surface area contributed by atoms with Gasteiger partial charge in [0, 0.05) is 14.6 Å². The monoisotopic (exact) mass is 368 g/mol. The molecule has 0 aliphatic heterocycles. The fourth-order valence-corrected chi connectivity index (χ4v) is 2.23. The van der Waals surface area contributed by atoms with Gasteiger partial charge in [0.2, 0.25) is 0 Å². The van der Waals surface area contributed by atoms with E-state index in [0.29, 0.717) is 0 Å². The number of benzene rings is 1. The van der Waals surface area contributed by atoms with Crippen LogP contribution in [0.4, 0.5) is 11.5 Å². The molecule has 0 aliphatic carbocycles. The number of anilines is 2. The number of hydrogen-bond donors (Lipinski definition) is 1. The minimum atomic E-state index is 0.858. The lowest BCUT2D eigenvalue weighted by Crippen LogP contribution is -1.96. The molecule has 0 atom stereocenters. The molecule has 0 radical (unpaired) electrons. The summed E-state index contributed by atoms with van der Waals surface area (Å²) < 4.78 is 2.18. The Morgan fingerprint density at radius 2 is 1.61 bits per heavy atom. The van der Waals surface area contributed by atoms with Crippen molar-refractivity contribution >= 4 is 43.4 Å². The van der Waals surface area contributed by atoms with Crippen LogP contribution in [0.25, 0.3) is 0 Å². The van der Waals surface area contributed by atoms with E-state index in [4.69, 9.17) is 0 Å². The minimum absolute atomic E-state index is 0.858. The summed E-state index contributed by atoms with van der Waals surface area (Å²) in [6, 6.07) is 8.18. The lowest BCUT2D eigenvalue weighted by Gasteiger charge is -2.11. The molecule has 2 rings (SSSR count). The van der Waals surface area contributed by atoms with Crippen LogP contribution in [0.1, 0.15) is 16.8 Å². The number of aryl methyl sites for hydroxylation is 3. The van der Waals surface area contributed by atoms with Crippen molar-refractivity contribution in [1.82, 2.24) is 4.98 Å². The van der Waals surface area contributed by atoms with E-state index in [9.17, 15) is 0 Å². The third-order valence-electron chi connectivity index (χ3n) is 2.73. The number of hydrogen-bond acceptors (Lipinski definition) is 2. The van der Waals surface area contributed by atoms with Gasteiger partial charge in [0.15, 0.2) is 0 Å². The Kier molecular flexibility index (Phi) is 4.07. The first kappa shape index (κ1) is 13.6. The largest absolute Gasteiger partial charge is 0.340 e. The second kappa shape index (κ2) is 5.41. The van der Waals surface area contributed by atoms with Crippen LogP contribution in [0.2, 0.25) is 0 Å². The second-order valence-electron chi connectivity index (χ2n) is 4.31. The van der Waals surface area contributed by atoms with Crippen LogP contribution in [0.3, 0.4) is 0 Å². The number of aromatic nitrogens is 1. The molecule has 18 heavy (non-hydrogen) atoms. The normalized spacial score (nSPS) is 10.5. The third kappa shape index (κ3) is 2.93. The molecule has 1 aromatic heterocycles. The highest BCUT2D eigenvalue weighted by Crippen LogP contribution is 2.27. The van der Waals surface area contributed by atoms with Gasteiger partial charge in [-0.05, 0) is 72.1 Å². The van der Waals surface area contributed by atoms with Crippen molar-refractivity contribution in [3.05, 3.63) is 50.0 Å². The van der Waals surface area contributed by atoms with Gasteiger partial charge in [0.05, 0.1) is 5.69 Å². The van der Waals surface area contributed by atoms with Crippen LogP contribution in [0.5, 0.6) is 0 Å². The van der Waals surface area contributed by atoms with Crippen molar-refractivity contribution in [2.24, 2.45) is 0 Å². The van der Waals surface area contributed by atoms with Gasteiger partial charge in [-0.2, -0.15) is 0 Å². The van der Waals surface area contributed by atoms with E-state index < -0.39 is 0 Å². The van der Waals surface area contributed by atoms with Gasteiger partial charge < -0.3 is 5.32 Å². The molecule has 4 heteroatoms. The SMILES string of the molecule is Cc1cc(Nc2ccc(Br)c(C)n2)cc(C)c1Br. The fourth-order valence-electron chi connectivity index (χ4n) is 1.78. The first-order valence-corrected chi connectivity index (χ1v) is 7.23. The summed E-state index contributed by atoms with van der Waals surface area (Å²) in [5, 5.41) is 3.33. The van der Waals surface area contributed by atoms with Gasteiger partial charge >= 0.3 is 0 Å². The van der Waals surface area contributed by atoms with Crippen LogP contribution < -0.4 is 5.32 Å². The van der Waals surface area contributed by atoms with Crippen LogP contribution in [-0.2, 0) is 0 Å². The van der Waals surface area contributed by atoms with E-state index in [2.05, 4.69) is 68.1 Å². The molecule has 0 bridgehead atoms. The molecule has 0 saturated heterocycles. The molecule has 2 aromatic rings. The number of nitrogens with zero attached hydrogens (tertiary/aromatic N) is 1. The molecule has 2 nitrogen and oxygen atoms in total. The van der Waals surface area contributed by atoms with E-state index in [-0.39, 0.29) is 0 Å². The molecule has 0 unspecified atom stereocenters. The topological polar surface area (TPSA) is 24.9 Å². The lowest BCUT2D eigenvalue weighted by molar-refractivity contribution is 1.18. The van der Waals surface area contributed by atoms with Crippen LogP contribution in [0, 0.1) is 20.8 Å². The summed E-state index contributed by atoms with van der Waals surface area (Å²) in [6.45, 7) is 6.15. The average Bonchev–Trinajstić information content (AvgIpc) is 2.31. The van der Waals surface area contributed by atoms with Gasteiger partial charge in [0.1, 0.15) is 5.82 Å². The van der Waals surface area contributed by atoms with E-state index in [1.807, 2.05) is 19.1 Å². The van der Waals surface area contributed by atoms with E-state index >= 15 is 0 Å². The molecule has 0 spiro atoms. The van der Waals surface area contributed by atoms with Crippen molar-refractivity contribution in [2.45, 2.75) is 20.8 Å². The number of pyridine rings is 1. The zero-order chi connectivity index (χ0) is 13.3. The summed E-state index contributed by atoms with van der Waals surface area (Å²) in [6.07, 6.45) is 0. The zero-order valence-electron chi connectivity index (χ0n) is 10.5. The highest BCUT2D eigenvalue weighted by atomic mass is 79.9. The smallest absolute Gasteiger partial charge is 0.130 e. The summed E-state index contributed by atoms with van der Waals surface area (Å²) in [4.78, 5) is 4.48. The van der Waals surface area contributed by atoms with Gasteiger partial charge in [0.25, 0.3) is 0 Å². The molecular weight excluding hydrogens is 356 g/mol. The Morgan fingerprint density at radius 1 is 1.00 bits per heavy atom. The number of halogens is 2. The van der Waals surface area contributed by atoms with Crippen LogP contribution in [-0.4, -0.2) is 4.98 Å². The molecule has 94 valence electrons. The predicted molar refractivity (Wildman–Crippen MR) is 83.6 cm³/mol. The first-order chi connectivity index (χ1) is 8.47. The van der Waals surface area contributed by atoms with Crippen molar-refractivity contribution in [1.29, 1.82) is 0 Å². The van der Waals surface area contributed by atoms with Gasteiger partial charge in [-0.25, -0.2) is 4.98 Å². The quantitative estimate of drug-likeness (QED) is 0.779. The van der Waals surface area contributed by atoms with Crippen molar-refractivity contribution in [3.63, 3.8) is 0 Å². The maximum Gasteiger partial charge on any atom is 0.130 e. The molecule has 0 saturated carbocycles.